The minimum Gasteiger partial charge on any atom is -0.462 e. The number of rotatable bonds is 39. The van der Waals surface area contributed by atoms with Crippen molar-refractivity contribution in [2.75, 3.05) is 26.4 Å². The van der Waals surface area contributed by atoms with Gasteiger partial charge in [0.2, 0.25) is 0 Å². The van der Waals surface area contributed by atoms with Crippen LogP contribution in [0.25, 0.3) is 0 Å². The quantitative estimate of drug-likeness (QED) is 0.0237. The molecule has 318 valence electrons. The Kier molecular flexibility index (Phi) is 38.2. The summed E-state index contributed by atoms with van der Waals surface area (Å²) in [6, 6.07) is 0. The van der Waals surface area contributed by atoms with Crippen molar-refractivity contribution >= 4 is 19.8 Å². The highest BCUT2D eigenvalue weighted by Crippen LogP contribution is 2.43. The van der Waals surface area contributed by atoms with Gasteiger partial charge in [0, 0.05) is 12.8 Å². The number of allylic oxidation sites excluding steroid dienone is 10. The summed E-state index contributed by atoms with van der Waals surface area (Å²) in [5, 5.41) is 18.3. The van der Waals surface area contributed by atoms with Crippen LogP contribution in [0.15, 0.2) is 60.8 Å². The van der Waals surface area contributed by atoms with Gasteiger partial charge < -0.3 is 24.6 Å². The zero-order valence-corrected chi connectivity index (χ0v) is 35.3. The molecule has 0 aromatic carbocycles. The van der Waals surface area contributed by atoms with E-state index in [0.717, 1.165) is 44.9 Å². The number of ether oxygens (including phenoxy) is 2. The van der Waals surface area contributed by atoms with Gasteiger partial charge in [0.15, 0.2) is 6.10 Å². The third kappa shape index (κ3) is 39.7. The summed E-state index contributed by atoms with van der Waals surface area (Å²) in [5.74, 6) is -1.02. The second kappa shape index (κ2) is 39.9. The molecule has 3 unspecified atom stereocenters. The fraction of sp³-hybridized carbons (Fsp3) is 0.727. The molecule has 0 saturated carbocycles. The first-order chi connectivity index (χ1) is 26.7. The summed E-state index contributed by atoms with van der Waals surface area (Å²) in [5.41, 5.74) is 0. The maximum atomic E-state index is 12.6. The molecule has 0 fully saturated rings. The van der Waals surface area contributed by atoms with Gasteiger partial charge in [0.25, 0.3) is 0 Å². The lowest BCUT2D eigenvalue weighted by atomic mass is 10.0. The van der Waals surface area contributed by atoms with Gasteiger partial charge in [-0.05, 0) is 51.4 Å². The van der Waals surface area contributed by atoms with Crippen molar-refractivity contribution in [3.63, 3.8) is 0 Å². The molecule has 0 bridgehead atoms. The Hall–Kier alpha value is -2.33. The highest BCUT2D eigenvalue weighted by atomic mass is 31.2. The standard InChI is InChI=1S/C44H77O10P/c1-3-5-7-9-11-13-15-17-18-19-20-21-22-24-26-28-30-32-34-36-44(48)54-42(40-53-55(49,50)52-38-41(46)37-45)39-51-43(47)35-33-31-29-27-25-23-16-14-12-10-8-6-4-2/h11,13,17-18,20-21,24,26,30,32,41-42,45-46H,3-10,12,14-16,19,22-23,25,27-29,31,33-40H2,1-2H3,(H,49,50). The van der Waals surface area contributed by atoms with E-state index in [0.29, 0.717) is 12.8 Å². The second-order valence-corrected chi connectivity index (χ2v) is 15.5. The van der Waals surface area contributed by atoms with Gasteiger partial charge in [0.1, 0.15) is 12.7 Å². The van der Waals surface area contributed by atoms with Crippen LogP contribution < -0.4 is 0 Å². The van der Waals surface area contributed by atoms with Crippen LogP contribution in [0.1, 0.15) is 168 Å². The fourth-order valence-corrected chi connectivity index (χ4v) is 6.18. The molecule has 0 spiro atoms. The Bertz CT molecular complexity index is 1100. The molecule has 0 aliphatic carbocycles. The van der Waals surface area contributed by atoms with Gasteiger partial charge in [-0.25, -0.2) is 4.57 Å². The first-order valence-electron chi connectivity index (χ1n) is 21.2. The van der Waals surface area contributed by atoms with E-state index in [1.165, 1.54) is 83.5 Å². The lowest BCUT2D eigenvalue weighted by molar-refractivity contribution is -0.161. The molecule has 11 heteroatoms. The Morgan fingerprint density at radius 2 is 0.982 bits per heavy atom. The van der Waals surface area contributed by atoms with E-state index in [2.05, 4.69) is 67.0 Å². The molecule has 0 rings (SSSR count). The smallest absolute Gasteiger partial charge is 0.462 e. The van der Waals surface area contributed by atoms with Crippen molar-refractivity contribution in [3.8, 4) is 0 Å². The lowest BCUT2D eigenvalue weighted by Crippen LogP contribution is -2.29. The third-order valence-electron chi connectivity index (χ3n) is 8.69. The van der Waals surface area contributed by atoms with Crippen LogP contribution in [0.5, 0.6) is 0 Å². The van der Waals surface area contributed by atoms with Gasteiger partial charge >= 0.3 is 19.8 Å². The summed E-state index contributed by atoms with van der Waals surface area (Å²) in [6.45, 7) is 2.26. The topological polar surface area (TPSA) is 149 Å². The zero-order valence-electron chi connectivity index (χ0n) is 34.4. The van der Waals surface area contributed by atoms with Crippen molar-refractivity contribution in [2.45, 2.75) is 180 Å². The molecular weight excluding hydrogens is 719 g/mol. The number of carbonyl (C=O) groups excluding carboxylic acids is 2. The minimum atomic E-state index is -4.64. The van der Waals surface area contributed by atoms with Crippen LogP contribution in [-0.4, -0.2) is 65.7 Å². The molecule has 0 saturated heterocycles. The normalized spacial score (nSPS) is 14.5. The molecule has 0 aromatic heterocycles. The molecule has 0 radical (unpaired) electrons. The van der Waals surface area contributed by atoms with Gasteiger partial charge in [-0.3, -0.25) is 18.6 Å². The molecule has 0 aromatic rings. The fourth-order valence-electron chi connectivity index (χ4n) is 5.39. The number of aliphatic hydroxyl groups is 2. The number of carbonyl (C=O) groups is 2. The Morgan fingerprint density at radius 3 is 1.49 bits per heavy atom. The summed E-state index contributed by atoms with van der Waals surface area (Å²) in [4.78, 5) is 34.9. The van der Waals surface area contributed by atoms with Gasteiger partial charge in [-0.1, -0.05) is 164 Å². The van der Waals surface area contributed by atoms with Crippen molar-refractivity contribution < 1.29 is 47.8 Å². The van der Waals surface area contributed by atoms with E-state index < -0.39 is 51.8 Å². The molecule has 10 nitrogen and oxygen atoms in total. The second-order valence-electron chi connectivity index (χ2n) is 14.0. The number of phosphoric acid groups is 1. The SMILES string of the molecule is CCCCCC=CCC=CCC=CCC=CCC=CCCC(=O)OC(COC(=O)CCCCCCCCCCCCCCC)COP(=O)(O)OCC(O)CO. The van der Waals surface area contributed by atoms with Gasteiger partial charge in [-0.2, -0.15) is 0 Å². The molecule has 0 heterocycles. The monoisotopic (exact) mass is 797 g/mol. The number of hydrogen-bond donors (Lipinski definition) is 3. The predicted molar refractivity (Wildman–Crippen MR) is 224 cm³/mol. The van der Waals surface area contributed by atoms with Crippen LogP contribution in [0.3, 0.4) is 0 Å². The van der Waals surface area contributed by atoms with E-state index >= 15 is 0 Å². The average molecular weight is 797 g/mol. The first kappa shape index (κ1) is 52.7. The number of unbranched alkanes of at least 4 members (excludes halogenated alkanes) is 15. The van der Waals surface area contributed by atoms with E-state index in [9.17, 15) is 24.2 Å². The number of aliphatic hydroxyl groups excluding tert-OH is 2. The van der Waals surface area contributed by atoms with Crippen molar-refractivity contribution in [1.82, 2.24) is 0 Å². The molecule has 3 atom stereocenters. The maximum absolute atomic E-state index is 12.6. The first-order valence-corrected chi connectivity index (χ1v) is 22.7. The van der Waals surface area contributed by atoms with Crippen molar-refractivity contribution in [1.29, 1.82) is 0 Å². The molecule has 55 heavy (non-hydrogen) atoms. The lowest BCUT2D eigenvalue weighted by Gasteiger charge is -2.20. The Labute approximate surface area is 334 Å². The Balaban J connectivity index is 4.45. The molecule has 3 N–H and O–H groups in total. The number of phosphoric ester groups is 1. The maximum Gasteiger partial charge on any atom is 0.472 e. The molecule has 0 aliphatic rings. The highest BCUT2D eigenvalue weighted by Gasteiger charge is 2.27. The van der Waals surface area contributed by atoms with E-state index in [4.69, 9.17) is 19.1 Å². The van der Waals surface area contributed by atoms with Crippen molar-refractivity contribution in [2.24, 2.45) is 0 Å². The Morgan fingerprint density at radius 1 is 0.545 bits per heavy atom. The largest absolute Gasteiger partial charge is 0.472 e. The van der Waals surface area contributed by atoms with E-state index in [-0.39, 0.29) is 19.4 Å². The van der Waals surface area contributed by atoms with Crippen molar-refractivity contribution in [3.05, 3.63) is 60.8 Å². The third-order valence-corrected chi connectivity index (χ3v) is 9.64. The minimum absolute atomic E-state index is 0.0600. The van der Waals surface area contributed by atoms with Gasteiger partial charge in [0.05, 0.1) is 19.8 Å². The molecular formula is C44H77O10P. The summed E-state index contributed by atoms with van der Waals surface area (Å²) < 4.78 is 32.6. The summed E-state index contributed by atoms with van der Waals surface area (Å²) in [7, 11) is -4.64. The van der Waals surface area contributed by atoms with Gasteiger partial charge in [-0.15, -0.1) is 0 Å². The molecule has 0 aliphatic heterocycles. The highest BCUT2D eigenvalue weighted by molar-refractivity contribution is 7.47. The predicted octanol–water partition coefficient (Wildman–Crippen LogP) is 11.1. The summed E-state index contributed by atoms with van der Waals surface area (Å²) >= 11 is 0. The van der Waals surface area contributed by atoms with Crippen LogP contribution in [0, 0.1) is 0 Å². The van der Waals surface area contributed by atoms with Crippen LogP contribution in [0.4, 0.5) is 0 Å². The summed E-state index contributed by atoms with van der Waals surface area (Å²) in [6.07, 6.45) is 43.4. The van der Waals surface area contributed by atoms with Crippen LogP contribution in [-0.2, 0) is 32.7 Å². The number of hydrogen-bond acceptors (Lipinski definition) is 9. The zero-order chi connectivity index (χ0) is 40.5. The average Bonchev–Trinajstić information content (AvgIpc) is 3.17. The van der Waals surface area contributed by atoms with Crippen LogP contribution in [0.2, 0.25) is 0 Å². The van der Waals surface area contributed by atoms with E-state index in [1.54, 1.807) is 0 Å². The molecule has 0 amide bonds. The van der Waals surface area contributed by atoms with E-state index in [1.807, 2.05) is 12.2 Å². The number of esters is 2. The van der Waals surface area contributed by atoms with Crippen LogP contribution >= 0.6 is 7.82 Å².